The SMILES string of the molecule is NC(=O)C[C@H](NC(=O)C(F)(F)C(F)F)C(=O)O. The Morgan fingerprint density at radius 2 is 1.76 bits per heavy atom. The van der Waals surface area contributed by atoms with Crippen molar-refractivity contribution in [3.63, 3.8) is 0 Å². The number of rotatable bonds is 6. The van der Waals surface area contributed by atoms with Crippen LogP contribution in [0.3, 0.4) is 0 Å². The second-order valence-electron chi connectivity index (χ2n) is 2.96. The standard InChI is InChI=1S/C7H8F4N2O4/c8-5(9)7(10,11)6(17)13-2(4(15)16)1-3(12)14/h2,5H,1H2,(H2,12,14)(H,13,17)(H,15,16)/t2-/m0/s1. The van der Waals surface area contributed by atoms with Crippen LogP contribution >= 0.6 is 0 Å². The molecule has 1 atom stereocenters. The van der Waals surface area contributed by atoms with E-state index in [9.17, 15) is 31.9 Å². The molecule has 0 aromatic rings. The molecule has 0 aliphatic carbocycles. The molecule has 0 saturated heterocycles. The molecular weight excluding hydrogens is 252 g/mol. The summed E-state index contributed by atoms with van der Waals surface area (Å²) in [5.41, 5.74) is 4.59. The molecule has 0 aromatic carbocycles. The van der Waals surface area contributed by atoms with Crippen molar-refractivity contribution in [2.24, 2.45) is 5.73 Å². The van der Waals surface area contributed by atoms with Crippen LogP contribution in [0.5, 0.6) is 0 Å². The first kappa shape index (κ1) is 15.1. The third-order valence-corrected chi connectivity index (χ3v) is 1.59. The van der Waals surface area contributed by atoms with Crippen molar-refractivity contribution in [3.05, 3.63) is 0 Å². The normalized spacial score (nSPS) is 13.2. The molecule has 0 aliphatic heterocycles. The van der Waals surface area contributed by atoms with Gasteiger partial charge in [-0.1, -0.05) is 0 Å². The number of halogens is 4. The third-order valence-electron chi connectivity index (χ3n) is 1.59. The minimum atomic E-state index is -5.04. The summed E-state index contributed by atoms with van der Waals surface area (Å²) in [6.07, 6.45) is -5.27. The molecule has 0 radical (unpaired) electrons. The fourth-order valence-corrected chi connectivity index (χ4v) is 0.755. The largest absolute Gasteiger partial charge is 0.480 e. The van der Waals surface area contributed by atoms with Crippen LogP contribution in [0.25, 0.3) is 0 Å². The molecular formula is C7H8F4N2O4. The minimum absolute atomic E-state index is 0.986. The summed E-state index contributed by atoms with van der Waals surface area (Å²) < 4.78 is 48.3. The molecule has 6 nitrogen and oxygen atoms in total. The van der Waals surface area contributed by atoms with Crippen molar-refractivity contribution in [3.8, 4) is 0 Å². The van der Waals surface area contributed by atoms with Crippen molar-refractivity contribution in [2.75, 3.05) is 0 Å². The Morgan fingerprint density at radius 1 is 1.29 bits per heavy atom. The quantitative estimate of drug-likeness (QED) is 0.550. The van der Waals surface area contributed by atoms with Gasteiger partial charge in [0.25, 0.3) is 5.91 Å². The van der Waals surface area contributed by atoms with Gasteiger partial charge in [-0.05, 0) is 0 Å². The van der Waals surface area contributed by atoms with Gasteiger partial charge in [0.2, 0.25) is 5.91 Å². The van der Waals surface area contributed by atoms with Crippen LogP contribution in [-0.4, -0.2) is 41.3 Å². The highest BCUT2D eigenvalue weighted by Crippen LogP contribution is 2.23. The summed E-state index contributed by atoms with van der Waals surface area (Å²) in [7, 11) is 0. The van der Waals surface area contributed by atoms with Crippen LogP contribution in [0.1, 0.15) is 6.42 Å². The van der Waals surface area contributed by atoms with E-state index < -0.39 is 42.6 Å². The van der Waals surface area contributed by atoms with E-state index in [-0.39, 0.29) is 0 Å². The van der Waals surface area contributed by atoms with E-state index in [0.29, 0.717) is 0 Å². The van der Waals surface area contributed by atoms with Crippen LogP contribution in [0.2, 0.25) is 0 Å². The van der Waals surface area contributed by atoms with Gasteiger partial charge in [-0.25, -0.2) is 13.6 Å². The van der Waals surface area contributed by atoms with Crippen molar-refractivity contribution < 1.29 is 37.1 Å². The topological polar surface area (TPSA) is 109 Å². The van der Waals surface area contributed by atoms with Crippen LogP contribution in [0.15, 0.2) is 0 Å². The van der Waals surface area contributed by atoms with Gasteiger partial charge in [0.05, 0.1) is 6.42 Å². The number of nitrogens with one attached hydrogen (secondary N) is 1. The van der Waals surface area contributed by atoms with E-state index >= 15 is 0 Å². The number of hydrogen-bond donors (Lipinski definition) is 3. The molecule has 0 saturated carbocycles. The molecule has 0 heterocycles. The lowest BCUT2D eigenvalue weighted by molar-refractivity contribution is -0.171. The molecule has 0 rings (SSSR count). The Kier molecular flexibility index (Phi) is 4.86. The number of carbonyl (C=O) groups is 3. The fraction of sp³-hybridized carbons (Fsp3) is 0.571. The van der Waals surface area contributed by atoms with E-state index in [0.717, 1.165) is 5.32 Å². The van der Waals surface area contributed by atoms with E-state index in [1.54, 1.807) is 0 Å². The van der Waals surface area contributed by atoms with Gasteiger partial charge in [0.1, 0.15) is 6.04 Å². The first-order chi connectivity index (χ1) is 7.59. The van der Waals surface area contributed by atoms with Gasteiger partial charge in [-0.2, -0.15) is 8.78 Å². The van der Waals surface area contributed by atoms with Gasteiger partial charge in [0.15, 0.2) is 0 Å². The average Bonchev–Trinajstić information content (AvgIpc) is 2.15. The Morgan fingerprint density at radius 3 is 2.06 bits per heavy atom. The number of nitrogens with two attached hydrogens (primary N) is 1. The van der Waals surface area contributed by atoms with E-state index in [4.69, 9.17) is 5.11 Å². The second-order valence-corrected chi connectivity index (χ2v) is 2.96. The molecule has 0 unspecified atom stereocenters. The van der Waals surface area contributed by atoms with E-state index in [1.165, 1.54) is 0 Å². The van der Waals surface area contributed by atoms with E-state index in [1.807, 2.05) is 0 Å². The predicted molar refractivity (Wildman–Crippen MR) is 44.3 cm³/mol. The van der Waals surface area contributed by atoms with Gasteiger partial charge < -0.3 is 16.2 Å². The molecule has 98 valence electrons. The third kappa shape index (κ3) is 4.25. The van der Waals surface area contributed by atoms with Crippen LogP contribution in [-0.2, 0) is 14.4 Å². The van der Waals surface area contributed by atoms with Crippen molar-refractivity contribution in [2.45, 2.75) is 24.8 Å². The van der Waals surface area contributed by atoms with Crippen molar-refractivity contribution in [1.29, 1.82) is 0 Å². The van der Waals surface area contributed by atoms with Gasteiger partial charge in [-0.3, -0.25) is 9.59 Å². The highest BCUT2D eigenvalue weighted by Gasteiger charge is 2.49. The summed E-state index contributed by atoms with van der Waals surface area (Å²) in [5, 5.41) is 9.52. The van der Waals surface area contributed by atoms with Gasteiger partial charge >= 0.3 is 18.3 Å². The molecule has 0 fully saturated rings. The maximum Gasteiger partial charge on any atom is 0.383 e. The average molecular weight is 260 g/mol. The Hall–Kier alpha value is -1.87. The molecule has 0 spiro atoms. The van der Waals surface area contributed by atoms with Crippen molar-refractivity contribution in [1.82, 2.24) is 5.32 Å². The molecule has 4 N–H and O–H groups in total. The number of carboxylic acids is 1. The zero-order valence-electron chi connectivity index (χ0n) is 8.12. The number of primary amides is 1. The zero-order valence-corrected chi connectivity index (χ0v) is 8.12. The molecule has 2 amide bonds. The lowest BCUT2D eigenvalue weighted by Gasteiger charge is -2.18. The maximum absolute atomic E-state index is 12.4. The summed E-state index contributed by atoms with van der Waals surface area (Å²) in [6.45, 7) is 0. The number of aliphatic carboxylic acids is 1. The summed E-state index contributed by atoms with van der Waals surface area (Å²) in [6, 6.07) is -2.08. The van der Waals surface area contributed by atoms with Crippen LogP contribution < -0.4 is 11.1 Å². The van der Waals surface area contributed by atoms with Crippen molar-refractivity contribution >= 4 is 17.8 Å². The van der Waals surface area contributed by atoms with Gasteiger partial charge in [0, 0.05) is 0 Å². The number of hydrogen-bond acceptors (Lipinski definition) is 3. The molecule has 0 aliphatic rings. The van der Waals surface area contributed by atoms with Gasteiger partial charge in [-0.15, -0.1) is 0 Å². The Balaban J connectivity index is 4.73. The maximum atomic E-state index is 12.4. The summed E-state index contributed by atoms with van der Waals surface area (Å²) in [5.74, 6) is -10.6. The van der Waals surface area contributed by atoms with E-state index in [2.05, 4.69) is 5.73 Å². The summed E-state index contributed by atoms with van der Waals surface area (Å²) in [4.78, 5) is 31.4. The summed E-state index contributed by atoms with van der Waals surface area (Å²) >= 11 is 0. The number of alkyl halides is 4. The molecule has 0 aromatic heterocycles. The Labute approximate surface area is 91.8 Å². The Bertz CT molecular complexity index is 334. The van der Waals surface area contributed by atoms with Crippen LogP contribution in [0.4, 0.5) is 17.6 Å². The zero-order chi connectivity index (χ0) is 13.8. The molecule has 17 heavy (non-hydrogen) atoms. The highest BCUT2D eigenvalue weighted by atomic mass is 19.3. The highest BCUT2D eigenvalue weighted by molar-refractivity contribution is 5.91. The molecule has 10 heteroatoms. The monoisotopic (exact) mass is 260 g/mol. The second kappa shape index (κ2) is 5.46. The number of carbonyl (C=O) groups excluding carboxylic acids is 2. The first-order valence-electron chi connectivity index (χ1n) is 4.07. The van der Waals surface area contributed by atoms with Crippen LogP contribution in [0, 0.1) is 0 Å². The predicted octanol–water partition coefficient (Wildman–Crippen LogP) is -0.668. The number of amides is 2. The number of carboxylic acid groups (broad SMARTS) is 1. The first-order valence-corrected chi connectivity index (χ1v) is 4.07. The fourth-order valence-electron chi connectivity index (χ4n) is 0.755. The lowest BCUT2D eigenvalue weighted by Crippen LogP contribution is -2.52. The smallest absolute Gasteiger partial charge is 0.383 e. The minimum Gasteiger partial charge on any atom is -0.480 e. The molecule has 0 bridgehead atoms. The lowest BCUT2D eigenvalue weighted by atomic mass is 10.2.